The molecular weight excluding hydrogens is 691 g/mol. The Hall–Kier alpha value is -5.66. The number of ether oxygens (including phenoxy) is 4. The van der Waals surface area contributed by atoms with Gasteiger partial charge in [-0.3, -0.25) is 14.6 Å². The van der Waals surface area contributed by atoms with Crippen LogP contribution in [0.3, 0.4) is 0 Å². The molecular formula is C46H47N3O6. The van der Waals surface area contributed by atoms with Crippen molar-refractivity contribution < 1.29 is 28.8 Å². The summed E-state index contributed by atoms with van der Waals surface area (Å²) in [6, 6.07) is 37.2. The van der Waals surface area contributed by atoms with Gasteiger partial charge in [-0.15, -0.1) is 0 Å². The van der Waals surface area contributed by atoms with E-state index < -0.39 is 12.0 Å². The summed E-state index contributed by atoms with van der Waals surface area (Å²) in [5.74, 6) is 1.26. The maximum absolute atomic E-state index is 12.4. The number of nitriles is 1. The molecule has 0 radical (unpaired) electrons. The molecule has 1 atom stereocenters. The minimum Gasteiger partial charge on any atom is -0.494 e. The molecule has 282 valence electrons. The first kappa shape index (κ1) is 37.6. The number of aliphatic carboxylic acids is 1. The van der Waals surface area contributed by atoms with Crippen molar-refractivity contribution in [2.75, 3.05) is 39.5 Å². The second kappa shape index (κ2) is 18.1. The third-order valence-corrected chi connectivity index (χ3v) is 10.5. The predicted octanol–water partition coefficient (Wildman–Crippen LogP) is 7.80. The Morgan fingerprint density at radius 1 is 0.836 bits per heavy atom. The Balaban J connectivity index is 1.06. The molecule has 1 fully saturated rings. The fourth-order valence-electron chi connectivity index (χ4n) is 7.36. The lowest BCUT2D eigenvalue weighted by atomic mass is 9.93. The summed E-state index contributed by atoms with van der Waals surface area (Å²) in [6.07, 6.45) is 1.41. The summed E-state index contributed by atoms with van der Waals surface area (Å²) >= 11 is 0. The molecule has 9 heteroatoms. The van der Waals surface area contributed by atoms with E-state index in [2.05, 4.69) is 54.3 Å². The summed E-state index contributed by atoms with van der Waals surface area (Å²) in [7, 11) is 0. The highest BCUT2D eigenvalue weighted by Gasteiger charge is 2.32. The van der Waals surface area contributed by atoms with Crippen molar-refractivity contribution in [2.45, 2.75) is 52.1 Å². The lowest BCUT2D eigenvalue weighted by Gasteiger charge is -2.34. The molecule has 9 nitrogen and oxygen atoms in total. The number of nitrogens with zero attached hydrogens (tertiary/aromatic N) is 3. The number of hydrogen-bond acceptors (Lipinski definition) is 8. The number of benzene rings is 5. The highest BCUT2D eigenvalue weighted by atomic mass is 16.5. The molecule has 0 aromatic heterocycles. The van der Waals surface area contributed by atoms with Gasteiger partial charge in [-0.1, -0.05) is 72.8 Å². The fourth-order valence-corrected chi connectivity index (χ4v) is 7.36. The van der Waals surface area contributed by atoms with Crippen LogP contribution in [0.5, 0.6) is 17.2 Å². The molecule has 2 aliphatic rings. The Kier molecular flexibility index (Phi) is 12.4. The summed E-state index contributed by atoms with van der Waals surface area (Å²) in [6.45, 7) is 8.87. The zero-order valence-electron chi connectivity index (χ0n) is 31.3. The third-order valence-electron chi connectivity index (χ3n) is 10.5. The van der Waals surface area contributed by atoms with E-state index in [0.29, 0.717) is 49.8 Å². The number of carboxylic acids is 1. The number of carboxylic acid groups (broad SMARTS) is 1. The maximum Gasteiger partial charge on any atom is 0.321 e. The van der Waals surface area contributed by atoms with Gasteiger partial charge in [0.15, 0.2) is 0 Å². The van der Waals surface area contributed by atoms with Crippen LogP contribution in [-0.4, -0.2) is 66.4 Å². The van der Waals surface area contributed by atoms with Gasteiger partial charge in [-0.05, 0) is 89.0 Å². The summed E-state index contributed by atoms with van der Waals surface area (Å²) < 4.78 is 24.4. The summed E-state index contributed by atoms with van der Waals surface area (Å²) in [5.41, 5.74) is 8.88. The smallest absolute Gasteiger partial charge is 0.321 e. The van der Waals surface area contributed by atoms with Gasteiger partial charge in [0.2, 0.25) is 0 Å². The van der Waals surface area contributed by atoms with Crippen LogP contribution in [-0.2, 0) is 42.3 Å². The topological polar surface area (TPSA) is 104 Å². The van der Waals surface area contributed by atoms with Gasteiger partial charge in [-0.2, -0.15) is 5.26 Å². The van der Waals surface area contributed by atoms with Crippen molar-refractivity contribution in [2.24, 2.45) is 0 Å². The van der Waals surface area contributed by atoms with E-state index in [0.717, 1.165) is 89.5 Å². The van der Waals surface area contributed by atoms with Crippen molar-refractivity contribution in [3.8, 4) is 34.4 Å². The minimum absolute atomic E-state index is 0.245. The van der Waals surface area contributed by atoms with Gasteiger partial charge in [0.1, 0.15) is 36.5 Å². The van der Waals surface area contributed by atoms with Crippen LogP contribution in [0, 0.1) is 18.3 Å². The van der Waals surface area contributed by atoms with Crippen molar-refractivity contribution in [3.63, 3.8) is 0 Å². The van der Waals surface area contributed by atoms with E-state index in [1.54, 1.807) is 6.07 Å². The number of hydrogen-bond donors (Lipinski definition) is 1. The zero-order chi connectivity index (χ0) is 38.0. The standard InChI is InChI=1S/C46H47N3O6/c1-33-40(13-6-15-43(33)37-12-5-14-41(25-37)53-21-7-18-48-19-22-52-23-20-48)32-54-42-17-16-39(45(27-42)55-31-35-9-4-8-34(24-35)28-47)30-49-29-38-11-3-2-10-36(38)26-44(49)46(50)51/h2-6,8-17,24-25,27,44H,7,18-23,26,29-32H2,1H3,(H,50,51)/t44-/m1/s1. The van der Waals surface area contributed by atoms with E-state index in [1.807, 2.05) is 71.6 Å². The Morgan fingerprint density at radius 2 is 1.64 bits per heavy atom. The van der Waals surface area contributed by atoms with Gasteiger partial charge in [0, 0.05) is 44.4 Å². The zero-order valence-corrected chi connectivity index (χ0v) is 31.3. The molecule has 1 saturated heterocycles. The van der Waals surface area contributed by atoms with Crippen molar-refractivity contribution in [3.05, 3.63) is 148 Å². The Labute approximate surface area is 323 Å². The van der Waals surface area contributed by atoms with Crippen LogP contribution in [0.4, 0.5) is 0 Å². The largest absolute Gasteiger partial charge is 0.494 e. The molecule has 1 N–H and O–H groups in total. The first-order chi connectivity index (χ1) is 26.9. The molecule has 0 bridgehead atoms. The van der Waals surface area contributed by atoms with Crippen LogP contribution in [0.15, 0.2) is 109 Å². The van der Waals surface area contributed by atoms with Crippen LogP contribution < -0.4 is 14.2 Å². The SMILES string of the molecule is Cc1c(COc2ccc(CN3Cc4ccccc4C[C@@H]3C(=O)O)c(OCc3cccc(C#N)c3)c2)cccc1-c1cccc(OCCCN2CCOCC2)c1. The Bertz CT molecular complexity index is 2140. The van der Waals surface area contributed by atoms with Gasteiger partial charge in [0.05, 0.1) is 31.5 Å². The highest BCUT2D eigenvalue weighted by Crippen LogP contribution is 2.33. The molecule has 2 heterocycles. The number of rotatable bonds is 15. The number of fused-ring (bicyclic) bond motifs is 1. The van der Waals surface area contributed by atoms with Crippen molar-refractivity contribution in [1.82, 2.24) is 9.80 Å². The van der Waals surface area contributed by atoms with Gasteiger partial charge >= 0.3 is 5.97 Å². The third kappa shape index (κ3) is 9.72. The van der Waals surface area contributed by atoms with Crippen molar-refractivity contribution >= 4 is 5.97 Å². The molecule has 7 rings (SSSR count). The maximum atomic E-state index is 12.4. The molecule has 0 spiro atoms. The van der Waals surface area contributed by atoms with E-state index >= 15 is 0 Å². The number of carbonyl (C=O) groups is 1. The number of morpholine rings is 1. The van der Waals surface area contributed by atoms with Crippen molar-refractivity contribution in [1.29, 1.82) is 5.26 Å². The monoisotopic (exact) mass is 737 g/mol. The Morgan fingerprint density at radius 3 is 2.47 bits per heavy atom. The normalized spacial score (nSPS) is 15.8. The summed E-state index contributed by atoms with van der Waals surface area (Å²) in [4.78, 5) is 16.8. The lowest BCUT2D eigenvalue weighted by Crippen LogP contribution is -2.45. The van der Waals surface area contributed by atoms with Crippen LogP contribution >= 0.6 is 0 Å². The molecule has 5 aromatic carbocycles. The molecule has 0 unspecified atom stereocenters. The highest BCUT2D eigenvalue weighted by molar-refractivity contribution is 5.74. The van der Waals surface area contributed by atoms with Crippen LogP contribution in [0.2, 0.25) is 0 Å². The van der Waals surface area contributed by atoms with Crippen LogP contribution in [0.25, 0.3) is 11.1 Å². The average molecular weight is 738 g/mol. The molecule has 0 amide bonds. The second-order valence-electron chi connectivity index (χ2n) is 14.2. The molecule has 55 heavy (non-hydrogen) atoms. The molecule has 0 saturated carbocycles. The first-order valence-electron chi connectivity index (χ1n) is 19.0. The van der Waals surface area contributed by atoms with Gasteiger partial charge < -0.3 is 24.1 Å². The van der Waals surface area contributed by atoms with E-state index in [1.165, 1.54) is 0 Å². The average Bonchev–Trinajstić information content (AvgIpc) is 3.22. The molecule has 2 aliphatic heterocycles. The fraction of sp³-hybridized carbons (Fsp3) is 0.304. The molecule has 0 aliphatic carbocycles. The minimum atomic E-state index is -0.846. The summed E-state index contributed by atoms with van der Waals surface area (Å²) in [5, 5.41) is 19.6. The predicted molar refractivity (Wildman–Crippen MR) is 211 cm³/mol. The first-order valence-corrected chi connectivity index (χ1v) is 19.0. The second-order valence-corrected chi connectivity index (χ2v) is 14.2. The van der Waals surface area contributed by atoms with Crippen LogP contribution in [0.1, 0.15) is 45.4 Å². The quantitative estimate of drug-likeness (QED) is 0.108. The van der Waals surface area contributed by atoms with E-state index in [-0.39, 0.29) is 6.61 Å². The molecule has 5 aromatic rings. The van der Waals surface area contributed by atoms with E-state index in [9.17, 15) is 15.2 Å². The van der Waals surface area contributed by atoms with E-state index in [4.69, 9.17) is 18.9 Å². The van der Waals surface area contributed by atoms with Gasteiger partial charge in [0.25, 0.3) is 0 Å². The lowest BCUT2D eigenvalue weighted by molar-refractivity contribution is -0.144. The van der Waals surface area contributed by atoms with Gasteiger partial charge in [-0.25, -0.2) is 0 Å².